The molecule has 0 amide bonds. The highest BCUT2D eigenvalue weighted by Gasteiger charge is 2.16. The Morgan fingerprint density at radius 3 is 2.76 bits per heavy atom. The van der Waals surface area contributed by atoms with E-state index in [1.54, 1.807) is 12.1 Å². The van der Waals surface area contributed by atoms with Crippen LogP contribution in [0, 0.1) is 0 Å². The molecule has 2 N–H and O–H groups in total. The van der Waals surface area contributed by atoms with Crippen molar-refractivity contribution >= 4 is 21.4 Å². The maximum Gasteiger partial charge on any atom is 0.261 e. The minimum Gasteiger partial charge on any atom is -0.374 e. The van der Waals surface area contributed by atoms with Crippen LogP contribution in [0.2, 0.25) is 0 Å². The van der Waals surface area contributed by atoms with Gasteiger partial charge in [-0.3, -0.25) is 0 Å². The Bertz CT molecular complexity index is 506. The molecule has 0 aliphatic rings. The third-order valence-corrected chi connectivity index (χ3v) is 5.58. The zero-order chi connectivity index (χ0) is 15.7. The Hall–Kier alpha value is -0.610. The molecule has 5 nitrogen and oxygen atoms in total. The second-order valence-electron chi connectivity index (χ2n) is 4.19. The second-order valence-corrected chi connectivity index (χ2v) is 7.35. The zero-order valence-corrected chi connectivity index (χ0v) is 13.4. The largest absolute Gasteiger partial charge is 0.374 e. The van der Waals surface area contributed by atoms with E-state index < -0.39 is 23.1 Å². The van der Waals surface area contributed by atoms with Crippen LogP contribution in [-0.2, 0) is 21.2 Å². The van der Waals surface area contributed by atoms with Crippen LogP contribution in [0.15, 0.2) is 16.3 Å². The summed E-state index contributed by atoms with van der Waals surface area (Å²) in [6.45, 7) is 2.88. The van der Waals surface area contributed by atoms with Crippen LogP contribution in [0.25, 0.3) is 0 Å². The molecule has 1 heterocycles. The molecule has 0 saturated carbocycles. The molecule has 0 aliphatic carbocycles. The van der Waals surface area contributed by atoms with Gasteiger partial charge in [0.1, 0.15) is 10.8 Å². The van der Waals surface area contributed by atoms with Crippen LogP contribution in [-0.4, -0.2) is 47.7 Å². The monoisotopic (exact) mass is 342 g/mol. The summed E-state index contributed by atoms with van der Waals surface area (Å²) in [4.78, 5) is 0.977. The van der Waals surface area contributed by atoms with Crippen molar-refractivity contribution in [3.8, 4) is 0 Å². The molecular weight excluding hydrogens is 322 g/mol. The molecule has 0 spiro atoms. The van der Waals surface area contributed by atoms with E-state index in [1.165, 1.54) is 11.3 Å². The van der Waals surface area contributed by atoms with Crippen molar-refractivity contribution in [3.63, 3.8) is 0 Å². The van der Waals surface area contributed by atoms with Gasteiger partial charge in [0.2, 0.25) is 10.0 Å². The van der Waals surface area contributed by atoms with Gasteiger partial charge < -0.3 is 10.1 Å². The van der Waals surface area contributed by atoms with E-state index in [2.05, 4.69) is 14.8 Å². The van der Waals surface area contributed by atoms with Crippen molar-refractivity contribution in [3.05, 3.63) is 17.0 Å². The average molecular weight is 342 g/mol. The van der Waals surface area contributed by atoms with Crippen molar-refractivity contribution in [1.82, 2.24) is 10.0 Å². The predicted octanol–water partition coefficient (Wildman–Crippen LogP) is 1.46. The molecule has 0 radical (unpaired) electrons. The molecule has 0 unspecified atom stereocenters. The van der Waals surface area contributed by atoms with E-state index in [0.717, 1.165) is 24.4 Å². The number of ether oxygens (including phenoxy) is 1. The summed E-state index contributed by atoms with van der Waals surface area (Å²) in [5.74, 6) is 0. The standard InChI is InChI=1S/C12H20F2N2O3S2/c1-2-15-6-5-10-3-4-12(20-10)21(17,18)16-7-8-19-9-11(13)14/h3-4,11,15-16H,2,5-9H2,1H3. The molecule has 1 rings (SSSR count). The first-order valence-corrected chi connectivity index (χ1v) is 8.90. The molecule has 1 aromatic rings. The Morgan fingerprint density at radius 2 is 2.10 bits per heavy atom. The van der Waals surface area contributed by atoms with Crippen molar-refractivity contribution in [2.45, 2.75) is 24.0 Å². The Balaban J connectivity index is 2.39. The normalized spacial score (nSPS) is 12.2. The SMILES string of the molecule is CCNCCc1ccc(S(=O)(=O)NCCOCC(F)F)s1. The number of sulfonamides is 1. The summed E-state index contributed by atoms with van der Waals surface area (Å²) in [5.41, 5.74) is 0. The van der Waals surface area contributed by atoms with E-state index in [9.17, 15) is 17.2 Å². The topological polar surface area (TPSA) is 67.4 Å². The van der Waals surface area contributed by atoms with Gasteiger partial charge in [-0.05, 0) is 31.6 Å². The lowest BCUT2D eigenvalue weighted by Gasteiger charge is -2.05. The van der Waals surface area contributed by atoms with Gasteiger partial charge in [0.25, 0.3) is 6.43 Å². The molecule has 0 fully saturated rings. The number of thiophene rings is 1. The number of rotatable bonds is 11. The van der Waals surface area contributed by atoms with Crippen LogP contribution in [0.4, 0.5) is 8.78 Å². The zero-order valence-electron chi connectivity index (χ0n) is 11.8. The van der Waals surface area contributed by atoms with Gasteiger partial charge in [0, 0.05) is 11.4 Å². The average Bonchev–Trinajstić information content (AvgIpc) is 2.88. The number of hydrogen-bond donors (Lipinski definition) is 2. The highest BCUT2D eigenvalue weighted by atomic mass is 32.2. The molecular formula is C12H20F2N2O3S2. The molecule has 9 heteroatoms. The van der Waals surface area contributed by atoms with Crippen LogP contribution < -0.4 is 10.0 Å². The molecule has 0 saturated heterocycles. The van der Waals surface area contributed by atoms with Crippen LogP contribution >= 0.6 is 11.3 Å². The van der Waals surface area contributed by atoms with Crippen molar-refractivity contribution in [2.75, 3.05) is 32.8 Å². The van der Waals surface area contributed by atoms with Gasteiger partial charge in [-0.15, -0.1) is 11.3 Å². The van der Waals surface area contributed by atoms with Gasteiger partial charge in [0.15, 0.2) is 0 Å². The lowest BCUT2D eigenvalue weighted by Crippen LogP contribution is -2.27. The van der Waals surface area contributed by atoms with E-state index in [4.69, 9.17) is 0 Å². The molecule has 0 aliphatic heterocycles. The lowest BCUT2D eigenvalue weighted by atomic mass is 10.3. The highest BCUT2D eigenvalue weighted by molar-refractivity contribution is 7.91. The molecule has 122 valence electrons. The smallest absolute Gasteiger partial charge is 0.261 e. The summed E-state index contributed by atoms with van der Waals surface area (Å²) in [6, 6.07) is 3.33. The maximum absolute atomic E-state index is 12.0. The van der Waals surface area contributed by atoms with Gasteiger partial charge in [0.05, 0.1) is 6.61 Å². The van der Waals surface area contributed by atoms with Crippen LogP contribution in [0.3, 0.4) is 0 Å². The van der Waals surface area contributed by atoms with Crippen LogP contribution in [0.1, 0.15) is 11.8 Å². The van der Waals surface area contributed by atoms with E-state index in [-0.39, 0.29) is 17.4 Å². The fourth-order valence-electron chi connectivity index (χ4n) is 1.52. The summed E-state index contributed by atoms with van der Waals surface area (Å²) >= 11 is 1.21. The molecule has 21 heavy (non-hydrogen) atoms. The van der Waals surface area contributed by atoms with E-state index in [1.807, 2.05) is 6.92 Å². The number of likely N-dealkylation sites (N-methyl/N-ethyl adjacent to an activating group) is 1. The third-order valence-electron chi connectivity index (χ3n) is 2.48. The molecule has 1 aromatic heterocycles. The molecule has 0 bridgehead atoms. The first-order chi connectivity index (χ1) is 9.95. The van der Waals surface area contributed by atoms with Gasteiger partial charge in [-0.1, -0.05) is 6.92 Å². The number of hydrogen-bond acceptors (Lipinski definition) is 5. The number of alkyl halides is 2. The van der Waals surface area contributed by atoms with E-state index >= 15 is 0 Å². The summed E-state index contributed by atoms with van der Waals surface area (Å²) < 4.78 is 54.7. The lowest BCUT2D eigenvalue weighted by molar-refractivity contribution is 0.0199. The Morgan fingerprint density at radius 1 is 1.33 bits per heavy atom. The minimum absolute atomic E-state index is 0.0281. The summed E-state index contributed by atoms with van der Waals surface area (Å²) in [6.07, 6.45) is -1.77. The molecule has 0 atom stereocenters. The maximum atomic E-state index is 12.0. The first-order valence-electron chi connectivity index (χ1n) is 6.60. The predicted molar refractivity (Wildman–Crippen MR) is 78.6 cm³/mol. The summed E-state index contributed by atoms with van der Waals surface area (Å²) in [7, 11) is -3.59. The van der Waals surface area contributed by atoms with Crippen LogP contribution in [0.5, 0.6) is 0 Å². The first kappa shape index (κ1) is 18.4. The minimum atomic E-state index is -3.59. The second kappa shape index (κ2) is 9.42. The fraction of sp³-hybridized carbons (Fsp3) is 0.667. The summed E-state index contributed by atoms with van der Waals surface area (Å²) in [5, 5.41) is 3.17. The van der Waals surface area contributed by atoms with Gasteiger partial charge in [-0.25, -0.2) is 21.9 Å². The van der Waals surface area contributed by atoms with Crippen molar-refractivity contribution in [1.29, 1.82) is 0 Å². The van der Waals surface area contributed by atoms with Gasteiger partial charge >= 0.3 is 0 Å². The Labute approximate surface area is 127 Å². The van der Waals surface area contributed by atoms with Gasteiger partial charge in [-0.2, -0.15) is 0 Å². The number of halogens is 2. The van der Waals surface area contributed by atoms with Crippen molar-refractivity contribution in [2.24, 2.45) is 0 Å². The highest BCUT2D eigenvalue weighted by Crippen LogP contribution is 2.21. The molecule has 0 aromatic carbocycles. The quantitative estimate of drug-likeness (QED) is 0.598. The Kier molecular flexibility index (Phi) is 8.27. The fourth-order valence-corrected chi connectivity index (χ4v) is 3.93. The third kappa shape index (κ3) is 7.28. The van der Waals surface area contributed by atoms with E-state index in [0.29, 0.717) is 0 Å². The number of nitrogens with one attached hydrogen (secondary N) is 2. The van der Waals surface area contributed by atoms with Crippen molar-refractivity contribution < 1.29 is 21.9 Å².